The molecule has 0 saturated carbocycles. The van der Waals surface area contributed by atoms with Crippen molar-refractivity contribution in [1.29, 1.82) is 0 Å². The van der Waals surface area contributed by atoms with Crippen LogP contribution in [0.3, 0.4) is 0 Å². The van der Waals surface area contributed by atoms with E-state index in [1.165, 1.54) is 507 Å². The third-order valence-corrected chi connectivity index (χ3v) is 26.1. The molecule has 2 nitrogen and oxygen atoms in total. The van der Waals surface area contributed by atoms with Crippen LogP contribution in [0.4, 0.5) is 0 Å². The minimum Gasteiger partial charge on any atom is -0.0654 e. The fraction of sp³-hybridized carbons (Fsp3) is 0.818. The predicted molar refractivity (Wildman–Crippen MR) is 506 cm³/mol. The molecule has 0 saturated heterocycles. The molecule has 113 heavy (non-hydrogen) atoms. The Hall–Kier alpha value is -2.87. The molecule has 3 heteroatoms. The zero-order valence-corrected chi connectivity index (χ0v) is 78.0. The Morgan fingerprint density at radius 3 is 0.708 bits per heavy atom. The number of benzene rings is 2. The summed E-state index contributed by atoms with van der Waals surface area (Å²) in [6.45, 7) is 11.5. The average Bonchev–Trinajstić information content (AvgIpc) is 1.63. The first-order chi connectivity index (χ1) is 56.1. The quantitative estimate of drug-likeness (QED) is 0.0273. The molecule has 0 fully saturated rings. The summed E-state index contributed by atoms with van der Waals surface area (Å²) < 4.78 is 1.50. The van der Waals surface area contributed by atoms with Crippen LogP contribution in [0.5, 0.6) is 0 Å². The van der Waals surface area contributed by atoms with Crippen molar-refractivity contribution in [2.75, 3.05) is 0 Å². The molecule has 0 radical (unpaired) electrons. The van der Waals surface area contributed by atoms with Crippen molar-refractivity contribution in [3.05, 3.63) is 88.0 Å². The van der Waals surface area contributed by atoms with Crippen molar-refractivity contribution in [3.8, 4) is 23.7 Å². The standard InChI is InChI=1S/C70H112N2.2C20H41.Ni/c1-4-7-10-12-14-16-18-20-22-24-26-28-30-32-34-36-38-40-42-44-46-48-50-57-64-59-52-54-61-67(64)69-63-66(56-9-6-3)70(72(69)71)68-62-55-53-60-65(68)58-51-49-47-45-43-41-39-37-35-33-31-29-27-25-23-21-19-17-15-13-11-8-5-2;2*1-3-5-7-9-11-13-15-17-19-20-18-16-14-12-10-8-6-4-2;/h52-55,59-63H,4-45,50-51,56-58H2,1-3H3;2*1,3-20H2,2H3;. The van der Waals surface area contributed by atoms with Crippen LogP contribution >= 0.6 is 0 Å². The van der Waals surface area contributed by atoms with E-state index in [2.05, 4.69) is 113 Å². The summed E-state index contributed by atoms with van der Waals surface area (Å²) in [7, 11) is 0. The van der Waals surface area contributed by atoms with Crippen LogP contribution in [0.15, 0.2) is 60.2 Å². The molecular weight excluding hydrogens is 1410 g/mol. The number of aryl methyl sites for hydroxylation is 2. The van der Waals surface area contributed by atoms with Crippen LogP contribution in [0.2, 0.25) is 10.8 Å². The third kappa shape index (κ3) is 68.6. The smallest absolute Gasteiger partial charge is 0.0654 e. The molecule has 654 valence electrons. The Labute approximate surface area is 715 Å². The second kappa shape index (κ2) is 88.4. The summed E-state index contributed by atoms with van der Waals surface area (Å²) in [6, 6.07) is 17.3. The Morgan fingerprint density at radius 2 is 0.442 bits per heavy atom. The van der Waals surface area contributed by atoms with Gasteiger partial charge in [-0.25, -0.2) is 4.70 Å². The van der Waals surface area contributed by atoms with Crippen LogP contribution in [-0.4, -0.2) is 4.70 Å². The van der Waals surface area contributed by atoms with E-state index < -0.39 is 0 Å². The minimum atomic E-state index is 0.848. The molecule has 3 rings (SSSR count). The van der Waals surface area contributed by atoms with Crippen molar-refractivity contribution in [2.45, 2.75) is 578 Å². The van der Waals surface area contributed by atoms with Gasteiger partial charge in [-0.2, -0.15) is 0 Å². The van der Waals surface area contributed by atoms with Gasteiger partial charge in [0.1, 0.15) is 0 Å². The van der Waals surface area contributed by atoms with Gasteiger partial charge in [0.2, 0.25) is 11.4 Å². The molecule has 0 aliphatic carbocycles. The number of hydrogen-bond acceptors (Lipinski definition) is 0. The second-order valence-corrected chi connectivity index (χ2v) is 37.0. The zero-order chi connectivity index (χ0) is 80.6. The van der Waals surface area contributed by atoms with Crippen molar-refractivity contribution in [1.82, 2.24) is 0 Å². The number of allylic oxidation sites excluding steroid dienone is 2. The zero-order valence-electron chi connectivity index (χ0n) is 77.0. The monoisotopic (exact) mass is 1600 g/mol. The molecule has 0 bridgehead atoms. The predicted octanol–water partition coefficient (Wildman–Crippen LogP) is 39.2. The van der Waals surface area contributed by atoms with E-state index in [-0.39, 0.29) is 0 Å². The number of rotatable bonds is 85. The van der Waals surface area contributed by atoms with Crippen LogP contribution in [0, 0.1) is 23.7 Å². The van der Waals surface area contributed by atoms with Gasteiger partial charge in [-0.15, -0.1) is 23.7 Å². The van der Waals surface area contributed by atoms with Gasteiger partial charge in [-0.3, -0.25) is 0 Å². The van der Waals surface area contributed by atoms with Gasteiger partial charge in [-0.1, -0.05) is 398 Å². The van der Waals surface area contributed by atoms with Crippen molar-refractivity contribution < 1.29 is 19.1 Å². The number of nitrogens with zero attached hydrogens (tertiary/aromatic N) is 2. The van der Waals surface area contributed by atoms with E-state index in [0.717, 1.165) is 80.3 Å². The summed E-state index contributed by atoms with van der Waals surface area (Å²) >= 11 is 2.05. The molecule has 2 aromatic rings. The van der Waals surface area contributed by atoms with E-state index in [1.54, 1.807) is 0 Å². The van der Waals surface area contributed by atoms with Crippen molar-refractivity contribution in [3.63, 3.8) is 0 Å². The molecule has 0 unspecified atom stereocenters. The molecule has 1 aliphatic rings. The van der Waals surface area contributed by atoms with Gasteiger partial charge in [0.15, 0.2) is 0 Å². The SMILES string of the molecule is CCCCCCCCCCCCCCCCCCCCCC#CCCc1ccccc1C1=CC(CCCC)=C(c2ccccc2CCC#CCCCCCCCCCCCCCCCCCCCCC)[N+]1=[N-].CCCCCCCCCCCCCCCCCCC[CH2][Ni][CH2]CCCCCCCCCCCCCCCCCCC. The normalized spacial score (nSPS) is 12.1. The molecule has 1 aliphatic heterocycles. The Bertz CT molecular complexity index is 2470. The number of hydrogen-bond donors (Lipinski definition) is 0. The van der Waals surface area contributed by atoms with Crippen LogP contribution in [-0.2, 0) is 27.3 Å². The Morgan fingerprint density at radius 1 is 0.230 bits per heavy atom. The maximum absolute atomic E-state index is 12.0. The third-order valence-electron chi connectivity index (χ3n) is 24.7. The fourth-order valence-electron chi connectivity index (χ4n) is 17.1. The van der Waals surface area contributed by atoms with E-state index in [4.69, 9.17) is 0 Å². The molecular formula is C110H194N2Ni. The van der Waals surface area contributed by atoms with Gasteiger partial charge in [0, 0.05) is 48.5 Å². The van der Waals surface area contributed by atoms with E-state index in [9.17, 15) is 5.53 Å². The molecule has 0 amide bonds. The van der Waals surface area contributed by atoms with Crippen LogP contribution in [0.25, 0.3) is 16.9 Å². The molecule has 0 aromatic heterocycles. The first-order valence-corrected chi connectivity index (χ1v) is 53.0. The Kier molecular flexibility index (Phi) is 83.1. The van der Waals surface area contributed by atoms with Gasteiger partial charge in [-0.05, 0) is 61.8 Å². The minimum absolute atomic E-state index is 0.848. The summed E-state index contributed by atoms with van der Waals surface area (Å²) in [5.74, 6) is 14.0. The second-order valence-electron chi connectivity index (χ2n) is 35.6. The van der Waals surface area contributed by atoms with Gasteiger partial charge < -0.3 is 5.53 Å². The van der Waals surface area contributed by atoms with Gasteiger partial charge in [0.25, 0.3) is 0 Å². The van der Waals surface area contributed by atoms with Gasteiger partial charge in [0.05, 0.1) is 0 Å². The van der Waals surface area contributed by atoms with Gasteiger partial charge >= 0.3 is 166 Å². The van der Waals surface area contributed by atoms with E-state index >= 15 is 0 Å². The van der Waals surface area contributed by atoms with Crippen molar-refractivity contribution >= 4 is 11.4 Å². The fourth-order valence-corrected chi connectivity index (χ4v) is 18.3. The molecule has 0 atom stereocenters. The molecule has 0 spiro atoms. The maximum atomic E-state index is 12.0. The molecule has 0 N–H and O–H groups in total. The van der Waals surface area contributed by atoms with Crippen molar-refractivity contribution in [2.24, 2.45) is 0 Å². The van der Waals surface area contributed by atoms with E-state index in [0.29, 0.717) is 0 Å². The first kappa shape index (κ1) is 106. The van der Waals surface area contributed by atoms with E-state index in [1.807, 2.05) is 14.4 Å². The molecule has 1 heterocycles. The average molecular weight is 1600 g/mol. The number of unbranched alkanes of at least 4 members (excludes halogenated alkanes) is 73. The topological polar surface area (TPSA) is 25.3 Å². The van der Waals surface area contributed by atoms with Crippen LogP contribution in [0.1, 0.15) is 577 Å². The summed E-state index contributed by atoms with van der Waals surface area (Å²) in [6.07, 6.45) is 118. The molecule has 2 aromatic carbocycles. The van der Waals surface area contributed by atoms with Crippen LogP contribution < -0.4 is 0 Å². The summed E-state index contributed by atoms with van der Waals surface area (Å²) in [5, 5.41) is 2.87. The Balaban J connectivity index is 0.000000897. The summed E-state index contributed by atoms with van der Waals surface area (Å²) in [5.41, 5.74) is 19.9. The summed E-state index contributed by atoms with van der Waals surface area (Å²) in [4.78, 5) is 0. The first-order valence-electron chi connectivity index (χ1n) is 51.6.